The van der Waals surface area contributed by atoms with Gasteiger partial charge in [0.2, 0.25) is 0 Å². The summed E-state index contributed by atoms with van der Waals surface area (Å²) in [5, 5.41) is 12.8. The summed E-state index contributed by atoms with van der Waals surface area (Å²) in [7, 11) is 0. The molecular formula is C21H18ClF3N4O2. The van der Waals surface area contributed by atoms with Crippen molar-refractivity contribution >= 4 is 34.3 Å². The molecule has 0 unspecified atom stereocenters. The van der Waals surface area contributed by atoms with Crippen LogP contribution in [0.1, 0.15) is 33.9 Å². The molecule has 2 N–H and O–H groups in total. The minimum atomic E-state index is -4.54. The van der Waals surface area contributed by atoms with E-state index in [4.69, 9.17) is 11.6 Å². The van der Waals surface area contributed by atoms with Crippen LogP contribution in [0.25, 0.3) is 10.9 Å². The number of anilines is 1. The molecule has 2 heterocycles. The molecule has 0 spiro atoms. The second-order valence-corrected chi connectivity index (χ2v) is 7.72. The minimum Gasteiger partial charge on any atom is -0.478 e. The summed E-state index contributed by atoms with van der Waals surface area (Å²) in [6.07, 6.45) is -2.22. The molecule has 1 saturated heterocycles. The SMILES string of the molecule is O=C(O)c1cccc2c(N[C@H](CN3CCC3)c3ccc(C(F)(F)F)c(Cl)c3)ncnc12. The molecule has 2 aromatic carbocycles. The topological polar surface area (TPSA) is 78.4 Å². The van der Waals surface area contributed by atoms with E-state index in [1.54, 1.807) is 12.1 Å². The summed E-state index contributed by atoms with van der Waals surface area (Å²) in [5.74, 6) is -0.712. The fourth-order valence-electron chi connectivity index (χ4n) is 3.58. The zero-order valence-corrected chi connectivity index (χ0v) is 16.9. The van der Waals surface area contributed by atoms with Crippen LogP contribution in [0.5, 0.6) is 0 Å². The second kappa shape index (κ2) is 8.32. The van der Waals surface area contributed by atoms with E-state index in [1.165, 1.54) is 24.5 Å². The van der Waals surface area contributed by atoms with Gasteiger partial charge in [0.1, 0.15) is 12.1 Å². The average Bonchev–Trinajstić information content (AvgIpc) is 2.68. The van der Waals surface area contributed by atoms with Gasteiger partial charge in [-0.3, -0.25) is 0 Å². The maximum Gasteiger partial charge on any atom is 0.417 e. The number of benzene rings is 2. The van der Waals surface area contributed by atoms with Crippen LogP contribution in [0, 0.1) is 0 Å². The summed E-state index contributed by atoms with van der Waals surface area (Å²) < 4.78 is 39.3. The molecule has 162 valence electrons. The largest absolute Gasteiger partial charge is 0.478 e. The van der Waals surface area contributed by atoms with E-state index in [2.05, 4.69) is 20.2 Å². The highest BCUT2D eigenvalue weighted by molar-refractivity contribution is 6.31. The highest BCUT2D eigenvalue weighted by Crippen LogP contribution is 2.37. The predicted octanol–water partition coefficient (Wildman–Crippen LogP) is 4.86. The van der Waals surface area contributed by atoms with Crippen molar-refractivity contribution in [3.05, 3.63) is 64.4 Å². The number of carboxylic acid groups (broad SMARTS) is 1. The van der Waals surface area contributed by atoms with Gasteiger partial charge in [0, 0.05) is 11.9 Å². The smallest absolute Gasteiger partial charge is 0.417 e. The number of aromatic nitrogens is 2. The van der Waals surface area contributed by atoms with Gasteiger partial charge in [-0.2, -0.15) is 13.2 Å². The zero-order valence-electron chi connectivity index (χ0n) is 16.2. The Labute approximate surface area is 180 Å². The highest BCUT2D eigenvalue weighted by atomic mass is 35.5. The third-order valence-corrected chi connectivity index (χ3v) is 5.61. The molecule has 1 atom stereocenters. The van der Waals surface area contributed by atoms with E-state index in [0.29, 0.717) is 23.3 Å². The summed E-state index contributed by atoms with van der Waals surface area (Å²) in [5.41, 5.74) is 0.00530. The lowest BCUT2D eigenvalue weighted by molar-refractivity contribution is -0.137. The fraction of sp³-hybridized carbons (Fsp3) is 0.286. The molecule has 4 rings (SSSR count). The molecule has 0 saturated carbocycles. The summed E-state index contributed by atoms with van der Waals surface area (Å²) in [6.45, 7) is 2.31. The van der Waals surface area contributed by atoms with Crippen LogP contribution in [0.3, 0.4) is 0 Å². The van der Waals surface area contributed by atoms with Gasteiger partial charge < -0.3 is 15.3 Å². The number of rotatable bonds is 6. The Morgan fingerprint density at radius 3 is 2.61 bits per heavy atom. The summed E-state index contributed by atoms with van der Waals surface area (Å²) >= 11 is 5.94. The van der Waals surface area contributed by atoms with Gasteiger partial charge in [-0.25, -0.2) is 14.8 Å². The number of halogens is 4. The molecule has 10 heteroatoms. The number of fused-ring (bicyclic) bond motifs is 1. The number of likely N-dealkylation sites (tertiary alicyclic amines) is 1. The average molecular weight is 451 g/mol. The van der Waals surface area contributed by atoms with Crippen LogP contribution in [0.4, 0.5) is 19.0 Å². The Hall–Kier alpha value is -2.91. The lowest BCUT2D eigenvalue weighted by Crippen LogP contribution is -2.41. The molecule has 6 nitrogen and oxygen atoms in total. The normalized spacial score (nSPS) is 15.5. The van der Waals surface area contributed by atoms with Gasteiger partial charge in [0.25, 0.3) is 0 Å². The Morgan fingerprint density at radius 2 is 2.00 bits per heavy atom. The number of nitrogens with zero attached hydrogens (tertiary/aromatic N) is 3. The first-order valence-electron chi connectivity index (χ1n) is 9.56. The fourth-order valence-corrected chi connectivity index (χ4v) is 3.87. The monoisotopic (exact) mass is 450 g/mol. The van der Waals surface area contributed by atoms with Gasteiger partial charge in [0.15, 0.2) is 0 Å². The van der Waals surface area contributed by atoms with E-state index in [-0.39, 0.29) is 16.1 Å². The number of nitrogens with one attached hydrogen (secondary N) is 1. The molecule has 1 aromatic heterocycles. The van der Waals surface area contributed by atoms with Crippen molar-refractivity contribution in [2.24, 2.45) is 0 Å². The maximum absolute atomic E-state index is 13.1. The molecule has 31 heavy (non-hydrogen) atoms. The lowest BCUT2D eigenvalue weighted by Gasteiger charge is -2.35. The summed E-state index contributed by atoms with van der Waals surface area (Å²) in [4.78, 5) is 22.0. The van der Waals surface area contributed by atoms with Crippen LogP contribution in [-0.2, 0) is 6.18 Å². The second-order valence-electron chi connectivity index (χ2n) is 7.32. The first-order valence-corrected chi connectivity index (χ1v) is 9.94. The van der Waals surface area contributed by atoms with E-state index >= 15 is 0 Å². The van der Waals surface area contributed by atoms with Crippen LogP contribution < -0.4 is 5.32 Å². The number of carbonyl (C=O) groups is 1. The molecular weight excluding hydrogens is 433 g/mol. The van der Waals surface area contributed by atoms with E-state index in [0.717, 1.165) is 25.6 Å². The Balaban J connectivity index is 1.72. The predicted molar refractivity (Wildman–Crippen MR) is 110 cm³/mol. The van der Waals surface area contributed by atoms with Crippen molar-refractivity contribution in [2.75, 3.05) is 25.0 Å². The quantitative estimate of drug-likeness (QED) is 0.558. The molecule has 0 amide bonds. The van der Waals surface area contributed by atoms with Gasteiger partial charge >= 0.3 is 12.1 Å². The van der Waals surface area contributed by atoms with Crippen molar-refractivity contribution in [1.29, 1.82) is 0 Å². The van der Waals surface area contributed by atoms with Crippen LogP contribution >= 0.6 is 11.6 Å². The van der Waals surface area contributed by atoms with E-state index < -0.39 is 23.8 Å². The summed E-state index contributed by atoms with van der Waals surface area (Å²) in [6, 6.07) is 8.03. The Bertz CT molecular complexity index is 1140. The molecule has 1 fully saturated rings. The number of para-hydroxylation sites is 1. The third-order valence-electron chi connectivity index (χ3n) is 5.30. The van der Waals surface area contributed by atoms with Crippen LogP contribution in [0.2, 0.25) is 5.02 Å². The van der Waals surface area contributed by atoms with Gasteiger partial charge in [0.05, 0.1) is 27.7 Å². The van der Waals surface area contributed by atoms with Crippen molar-refractivity contribution in [3.8, 4) is 0 Å². The van der Waals surface area contributed by atoms with Gasteiger partial charge in [-0.1, -0.05) is 23.7 Å². The number of hydrogen-bond donors (Lipinski definition) is 2. The van der Waals surface area contributed by atoms with Gasteiger partial charge in [-0.15, -0.1) is 0 Å². The number of carboxylic acids is 1. The number of hydrogen-bond acceptors (Lipinski definition) is 5. The Morgan fingerprint density at radius 1 is 1.23 bits per heavy atom. The molecule has 3 aromatic rings. The highest BCUT2D eigenvalue weighted by Gasteiger charge is 2.33. The lowest BCUT2D eigenvalue weighted by atomic mass is 10.0. The third kappa shape index (κ3) is 4.42. The minimum absolute atomic E-state index is 0.0415. The van der Waals surface area contributed by atoms with Crippen molar-refractivity contribution in [3.63, 3.8) is 0 Å². The molecule has 1 aliphatic rings. The van der Waals surface area contributed by atoms with Crippen molar-refractivity contribution in [2.45, 2.75) is 18.6 Å². The zero-order chi connectivity index (χ0) is 22.2. The number of alkyl halides is 3. The van der Waals surface area contributed by atoms with Gasteiger partial charge in [-0.05, 0) is 49.3 Å². The van der Waals surface area contributed by atoms with E-state index in [9.17, 15) is 23.1 Å². The number of aromatic carboxylic acids is 1. The van der Waals surface area contributed by atoms with E-state index in [1.807, 2.05) is 0 Å². The van der Waals surface area contributed by atoms with Crippen molar-refractivity contribution in [1.82, 2.24) is 14.9 Å². The maximum atomic E-state index is 13.1. The standard InChI is InChI=1S/C21H18ClF3N4O2/c22-16-9-12(5-6-15(16)21(23,24)25)17(10-29-7-2-8-29)28-19-13-3-1-4-14(20(30)31)18(13)26-11-27-19/h1,3-6,9,11,17H,2,7-8,10H2,(H,30,31)(H,26,27,28)/t17-/m1/s1. The van der Waals surface area contributed by atoms with Crippen molar-refractivity contribution < 1.29 is 23.1 Å². The molecule has 0 aliphatic carbocycles. The molecule has 0 bridgehead atoms. The Kier molecular flexibility index (Phi) is 5.72. The van der Waals surface area contributed by atoms with Crippen LogP contribution in [0.15, 0.2) is 42.7 Å². The first-order chi connectivity index (χ1) is 14.7. The molecule has 1 aliphatic heterocycles. The molecule has 0 radical (unpaired) electrons. The first kappa shape index (κ1) is 21.3. The van der Waals surface area contributed by atoms with Crippen LogP contribution in [-0.4, -0.2) is 45.6 Å².